The van der Waals surface area contributed by atoms with Gasteiger partial charge in [-0.2, -0.15) is 0 Å². The Hall–Kier alpha value is -2.40. The molecule has 0 spiro atoms. The van der Waals surface area contributed by atoms with E-state index in [0.717, 1.165) is 40.1 Å². The summed E-state index contributed by atoms with van der Waals surface area (Å²) in [5.41, 5.74) is 4.00. The average molecular weight is 268 g/mol. The van der Waals surface area contributed by atoms with Gasteiger partial charge in [0.25, 0.3) is 0 Å². The number of aromatic nitrogens is 3. The van der Waals surface area contributed by atoms with Crippen LogP contribution in [0.4, 0.5) is 0 Å². The first-order valence-corrected chi connectivity index (χ1v) is 6.43. The minimum Gasteiger partial charge on any atom is -0.497 e. The van der Waals surface area contributed by atoms with Crippen LogP contribution in [0.5, 0.6) is 5.75 Å². The third-order valence-electron chi connectivity index (χ3n) is 3.28. The number of H-pyrrole nitrogens is 1. The van der Waals surface area contributed by atoms with E-state index in [9.17, 15) is 0 Å². The van der Waals surface area contributed by atoms with Gasteiger partial charge in [0.15, 0.2) is 0 Å². The maximum absolute atomic E-state index is 5.19. The molecule has 3 rings (SSSR count). The van der Waals surface area contributed by atoms with Crippen molar-refractivity contribution >= 4 is 11.0 Å². The number of hydrogen-bond donors (Lipinski definition) is 2. The van der Waals surface area contributed by atoms with Gasteiger partial charge < -0.3 is 15.0 Å². The predicted octanol–water partition coefficient (Wildman–Crippen LogP) is 2.35. The molecule has 5 nitrogen and oxygen atoms in total. The zero-order valence-corrected chi connectivity index (χ0v) is 11.5. The Labute approximate surface area is 117 Å². The van der Waals surface area contributed by atoms with E-state index in [4.69, 9.17) is 4.74 Å². The van der Waals surface area contributed by atoms with Gasteiger partial charge in [-0.25, -0.2) is 9.97 Å². The van der Waals surface area contributed by atoms with Crippen molar-refractivity contribution in [2.45, 2.75) is 6.54 Å². The molecule has 0 aliphatic rings. The van der Waals surface area contributed by atoms with Gasteiger partial charge in [0.05, 0.1) is 12.8 Å². The van der Waals surface area contributed by atoms with Crippen LogP contribution in [0, 0.1) is 0 Å². The molecule has 2 heterocycles. The summed E-state index contributed by atoms with van der Waals surface area (Å²) in [6.07, 6.45) is 3.56. The molecule has 0 aliphatic heterocycles. The number of rotatable bonds is 4. The van der Waals surface area contributed by atoms with Gasteiger partial charge in [0.1, 0.15) is 17.7 Å². The van der Waals surface area contributed by atoms with Crippen molar-refractivity contribution in [1.82, 2.24) is 20.3 Å². The number of ether oxygens (including phenoxy) is 1. The van der Waals surface area contributed by atoms with Crippen molar-refractivity contribution in [1.29, 1.82) is 0 Å². The summed E-state index contributed by atoms with van der Waals surface area (Å²) in [6, 6.07) is 7.90. The molecule has 1 aromatic carbocycles. The molecular weight excluding hydrogens is 252 g/mol. The molecule has 20 heavy (non-hydrogen) atoms. The zero-order chi connectivity index (χ0) is 13.9. The summed E-state index contributed by atoms with van der Waals surface area (Å²) in [4.78, 5) is 11.9. The van der Waals surface area contributed by atoms with Gasteiger partial charge in [-0.1, -0.05) is 0 Å². The van der Waals surface area contributed by atoms with Crippen LogP contribution >= 0.6 is 0 Å². The van der Waals surface area contributed by atoms with Crippen LogP contribution in [-0.2, 0) is 6.54 Å². The molecule has 0 radical (unpaired) electrons. The second-order valence-electron chi connectivity index (χ2n) is 4.52. The fourth-order valence-electron chi connectivity index (χ4n) is 2.32. The molecule has 0 unspecified atom stereocenters. The molecule has 2 N–H and O–H groups in total. The summed E-state index contributed by atoms with van der Waals surface area (Å²) in [5, 5.41) is 4.23. The van der Waals surface area contributed by atoms with Gasteiger partial charge in [0.2, 0.25) is 0 Å². The molecule has 0 atom stereocenters. The third kappa shape index (κ3) is 2.12. The first-order valence-electron chi connectivity index (χ1n) is 6.43. The molecule has 2 aromatic heterocycles. The molecule has 102 valence electrons. The monoisotopic (exact) mass is 268 g/mol. The summed E-state index contributed by atoms with van der Waals surface area (Å²) in [5.74, 6) is 0.837. The van der Waals surface area contributed by atoms with Gasteiger partial charge >= 0.3 is 0 Å². The van der Waals surface area contributed by atoms with Crippen molar-refractivity contribution in [3.63, 3.8) is 0 Å². The minimum absolute atomic E-state index is 0.774. The largest absolute Gasteiger partial charge is 0.497 e. The second kappa shape index (κ2) is 5.30. The van der Waals surface area contributed by atoms with Crippen LogP contribution in [0.15, 0.2) is 36.8 Å². The smallest absolute Gasteiger partial charge is 0.141 e. The maximum Gasteiger partial charge on any atom is 0.141 e. The normalized spacial score (nSPS) is 10.9. The highest BCUT2D eigenvalue weighted by Crippen LogP contribution is 2.29. The lowest BCUT2D eigenvalue weighted by Crippen LogP contribution is -2.04. The lowest BCUT2D eigenvalue weighted by molar-refractivity contribution is 0.415. The van der Waals surface area contributed by atoms with Crippen molar-refractivity contribution in [3.8, 4) is 17.0 Å². The maximum atomic E-state index is 5.19. The molecule has 0 saturated carbocycles. The lowest BCUT2D eigenvalue weighted by Gasteiger charge is -2.06. The molecule has 0 saturated heterocycles. The van der Waals surface area contributed by atoms with Crippen LogP contribution < -0.4 is 10.1 Å². The van der Waals surface area contributed by atoms with Crippen LogP contribution in [0.1, 0.15) is 5.56 Å². The number of nitrogens with zero attached hydrogens (tertiary/aromatic N) is 2. The van der Waals surface area contributed by atoms with E-state index in [0.29, 0.717) is 0 Å². The van der Waals surface area contributed by atoms with Crippen molar-refractivity contribution in [2.24, 2.45) is 0 Å². The van der Waals surface area contributed by atoms with E-state index in [1.54, 1.807) is 13.4 Å². The fraction of sp³-hybridized carbons (Fsp3) is 0.200. The summed E-state index contributed by atoms with van der Waals surface area (Å²) >= 11 is 0. The first kappa shape index (κ1) is 12.6. The van der Waals surface area contributed by atoms with E-state index in [1.165, 1.54) is 0 Å². The SMILES string of the molecule is CNCc1c[nH]c2ncnc(-c3ccc(OC)cc3)c12. The number of aromatic amines is 1. The van der Waals surface area contributed by atoms with Crippen molar-refractivity contribution in [2.75, 3.05) is 14.2 Å². The highest BCUT2D eigenvalue weighted by Gasteiger charge is 2.12. The fourth-order valence-corrected chi connectivity index (χ4v) is 2.32. The van der Waals surface area contributed by atoms with Gasteiger partial charge in [-0.05, 0) is 36.9 Å². The zero-order valence-electron chi connectivity index (χ0n) is 11.5. The Morgan fingerprint density at radius 1 is 1.20 bits per heavy atom. The highest BCUT2D eigenvalue weighted by molar-refractivity contribution is 5.93. The topological polar surface area (TPSA) is 62.8 Å². The highest BCUT2D eigenvalue weighted by atomic mass is 16.5. The molecule has 0 amide bonds. The predicted molar refractivity (Wildman–Crippen MR) is 78.6 cm³/mol. The quantitative estimate of drug-likeness (QED) is 0.762. The summed E-state index contributed by atoms with van der Waals surface area (Å²) in [6.45, 7) is 0.774. The van der Waals surface area contributed by atoms with Crippen LogP contribution in [0.25, 0.3) is 22.3 Å². The standard InChI is InChI=1S/C15H16N4O/c1-16-7-11-8-17-15-13(11)14(18-9-19-15)10-3-5-12(20-2)6-4-10/h3-6,8-9,16H,7H2,1-2H3,(H,17,18,19). The van der Waals surface area contributed by atoms with E-state index in [2.05, 4.69) is 20.3 Å². The van der Waals surface area contributed by atoms with E-state index < -0.39 is 0 Å². The van der Waals surface area contributed by atoms with E-state index >= 15 is 0 Å². The Kier molecular flexibility index (Phi) is 3.35. The van der Waals surface area contributed by atoms with Gasteiger partial charge in [0, 0.05) is 23.7 Å². The molecule has 0 bridgehead atoms. The van der Waals surface area contributed by atoms with E-state index in [1.807, 2.05) is 37.5 Å². The molecule has 3 aromatic rings. The van der Waals surface area contributed by atoms with E-state index in [-0.39, 0.29) is 0 Å². The lowest BCUT2D eigenvalue weighted by atomic mass is 10.1. The number of fused-ring (bicyclic) bond motifs is 1. The third-order valence-corrected chi connectivity index (χ3v) is 3.28. The van der Waals surface area contributed by atoms with Gasteiger partial charge in [-0.15, -0.1) is 0 Å². The van der Waals surface area contributed by atoms with Crippen LogP contribution in [0.3, 0.4) is 0 Å². The minimum atomic E-state index is 0.774. The number of methoxy groups -OCH3 is 1. The van der Waals surface area contributed by atoms with Crippen LogP contribution in [0.2, 0.25) is 0 Å². The van der Waals surface area contributed by atoms with Gasteiger partial charge in [-0.3, -0.25) is 0 Å². The summed E-state index contributed by atoms with van der Waals surface area (Å²) < 4.78 is 5.19. The van der Waals surface area contributed by atoms with Crippen molar-refractivity contribution in [3.05, 3.63) is 42.4 Å². The Morgan fingerprint density at radius 2 is 2.00 bits per heavy atom. The summed E-state index contributed by atoms with van der Waals surface area (Å²) in [7, 11) is 3.59. The first-order chi connectivity index (χ1) is 9.83. The Balaban J connectivity index is 2.16. The Bertz CT molecular complexity index is 718. The molecule has 5 heteroatoms. The molecule has 0 fully saturated rings. The Morgan fingerprint density at radius 3 is 2.70 bits per heavy atom. The van der Waals surface area contributed by atoms with Crippen molar-refractivity contribution < 1.29 is 4.74 Å². The molecular formula is C15H16N4O. The number of nitrogens with one attached hydrogen (secondary N) is 2. The van der Waals surface area contributed by atoms with Crippen LogP contribution in [-0.4, -0.2) is 29.1 Å². The second-order valence-corrected chi connectivity index (χ2v) is 4.52. The average Bonchev–Trinajstić information content (AvgIpc) is 2.91. The molecule has 0 aliphatic carbocycles. The number of hydrogen-bond acceptors (Lipinski definition) is 4. The number of benzene rings is 1.